The van der Waals surface area contributed by atoms with E-state index in [1.165, 1.54) is 9.75 Å². The second-order valence-electron chi connectivity index (χ2n) is 5.30. The molecular weight excluding hydrogens is 515 g/mol. The Balaban J connectivity index is 0.00000312. The molecule has 0 unspecified atom stereocenters. The predicted octanol–water partition coefficient (Wildman–Crippen LogP) is 4.05. The lowest BCUT2D eigenvalue weighted by atomic mass is 10.2. The third-order valence-corrected chi connectivity index (χ3v) is 4.83. The molecule has 0 bridgehead atoms. The third kappa shape index (κ3) is 7.33. The molecule has 136 valence electrons. The van der Waals surface area contributed by atoms with Crippen LogP contribution in [0.3, 0.4) is 0 Å². The van der Waals surface area contributed by atoms with Crippen molar-refractivity contribution in [3.05, 3.63) is 50.1 Å². The summed E-state index contributed by atoms with van der Waals surface area (Å²) in [4.78, 5) is 18.7. The molecule has 0 aliphatic heterocycles. The van der Waals surface area contributed by atoms with Crippen LogP contribution < -0.4 is 16.0 Å². The predicted molar refractivity (Wildman–Crippen MR) is 120 cm³/mol. The van der Waals surface area contributed by atoms with Gasteiger partial charge in [-0.15, -0.1) is 35.3 Å². The standard InChI is InChI=1S/C17H21BrN4OS.HI/c1-11-4-6-13(18)8-15(11)22-16(23)10-21-17(19-3)20-9-14-7-5-12(2)24-14;/h4-8H,9-10H2,1-3H3,(H,22,23)(H2,19,20,21);1H. The van der Waals surface area contributed by atoms with Gasteiger partial charge in [0, 0.05) is 27.0 Å². The Kier molecular flexibility index (Phi) is 9.44. The summed E-state index contributed by atoms with van der Waals surface area (Å²) in [7, 11) is 1.69. The Labute approximate surface area is 177 Å². The lowest BCUT2D eigenvalue weighted by molar-refractivity contribution is -0.115. The van der Waals surface area contributed by atoms with Crippen LogP contribution in [-0.4, -0.2) is 25.5 Å². The van der Waals surface area contributed by atoms with Crippen LogP contribution in [0.1, 0.15) is 15.3 Å². The van der Waals surface area contributed by atoms with Gasteiger partial charge in [0.25, 0.3) is 0 Å². The highest BCUT2D eigenvalue weighted by molar-refractivity contribution is 14.0. The topological polar surface area (TPSA) is 65.5 Å². The van der Waals surface area contributed by atoms with Crippen molar-refractivity contribution in [3.8, 4) is 0 Å². The molecule has 2 aromatic rings. The summed E-state index contributed by atoms with van der Waals surface area (Å²) in [5, 5.41) is 9.12. The first-order chi connectivity index (χ1) is 11.5. The number of hydrogen-bond donors (Lipinski definition) is 3. The molecule has 25 heavy (non-hydrogen) atoms. The third-order valence-electron chi connectivity index (χ3n) is 3.34. The van der Waals surface area contributed by atoms with Gasteiger partial charge in [0.05, 0.1) is 13.1 Å². The Morgan fingerprint density at radius 2 is 1.96 bits per heavy atom. The number of amides is 1. The van der Waals surface area contributed by atoms with Gasteiger partial charge in [0.15, 0.2) is 5.96 Å². The zero-order valence-electron chi connectivity index (χ0n) is 14.4. The minimum atomic E-state index is -0.119. The van der Waals surface area contributed by atoms with Gasteiger partial charge < -0.3 is 16.0 Å². The van der Waals surface area contributed by atoms with Crippen LogP contribution in [-0.2, 0) is 11.3 Å². The Bertz CT molecular complexity index is 748. The number of nitrogens with zero attached hydrogens (tertiary/aromatic N) is 1. The summed E-state index contributed by atoms with van der Waals surface area (Å²) in [5.41, 5.74) is 1.82. The van der Waals surface area contributed by atoms with E-state index in [4.69, 9.17) is 0 Å². The average molecular weight is 537 g/mol. The highest BCUT2D eigenvalue weighted by Gasteiger charge is 2.07. The van der Waals surface area contributed by atoms with Crippen LogP contribution in [0.2, 0.25) is 0 Å². The zero-order chi connectivity index (χ0) is 17.5. The molecule has 1 heterocycles. The van der Waals surface area contributed by atoms with Crippen molar-refractivity contribution in [1.29, 1.82) is 0 Å². The van der Waals surface area contributed by atoms with Crippen molar-refractivity contribution in [1.82, 2.24) is 10.6 Å². The van der Waals surface area contributed by atoms with E-state index in [1.807, 2.05) is 25.1 Å². The van der Waals surface area contributed by atoms with Gasteiger partial charge in [-0.3, -0.25) is 9.79 Å². The Hall–Kier alpha value is -1.13. The van der Waals surface area contributed by atoms with Crippen LogP contribution >= 0.6 is 51.2 Å². The fourth-order valence-electron chi connectivity index (χ4n) is 2.06. The number of hydrogen-bond acceptors (Lipinski definition) is 3. The average Bonchev–Trinajstić information content (AvgIpc) is 2.96. The molecule has 0 radical (unpaired) electrons. The molecule has 0 saturated carbocycles. The van der Waals surface area contributed by atoms with E-state index >= 15 is 0 Å². The molecule has 0 aliphatic carbocycles. The van der Waals surface area contributed by atoms with Gasteiger partial charge in [-0.1, -0.05) is 22.0 Å². The second kappa shape index (κ2) is 10.8. The molecule has 1 amide bonds. The van der Waals surface area contributed by atoms with E-state index in [2.05, 4.69) is 55.9 Å². The fourth-order valence-corrected chi connectivity index (χ4v) is 3.25. The van der Waals surface area contributed by atoms with Crippen molar-refractivity contribution in [2.45, 2.75) is 20.4 Å². The van der Waals surface area contributed by atoms with E-state index in [0.29, 0.717) is 12.5 Å². The number of aryl methyl sites for hydroxylation is 2. The van der Waals surface area contributed by atoms with Crippen molar-refractivity contribution in [3.63, 3.8) is 0 Å². The van der Waals surface area contributed by atoms with E-state index in [-0.39, 0.29) is 36.4 Å². The Morgan fingerprint density at radius 3 is 2.60 bits per heavy atom. The molecule has 0 aliphatic rings. The van der Waals surface area contributed by atoms with Crippen LogP contribution in [0.5, 0.6) is 0 Å². The maximum atomic E-state index is 12.1. The van der Waals surface area contributed by atoms with Crippen LogP contribution in [0.4, 0.5) is 5.69 Å². The maximum absolute atomic E-state index is 12.1. The van der Waals surface area contributed by atoms with Gasteiger partial charge in [-0.2, -0.15) is 0 Å². The minimum absolute atomic E-state index is 0. The van der Waals surface area contributed by atoms with Gasteiger partial charge in [0.2, 0.25) is 5.91 Å². The number of guanidine groups is 1. The molecule has 0 saturated heterocycles. The van der Waals surface area contributed by atoms with Gasteiger partial charge in [-0.05, 0) is 43.7 Å². The monoisotopic (exact) mass is 536 g/mol. The Morgan fingerprint density at radius 1 is 1.20 bits per heavy atom. The highest BCUT2D eigenvalue weighted by Crippen LogP contribution is 2.20. The van der Waals surface area contributed by atoms with Gasteiger partial charge in [0.1, 0.15) is 0 Å². The zero-order valence-corrected chi connectivity index (χ0v) is 19.1. The second-order valence-corrected chi connectivity index (χ2v) is 7.59. The molecule has 2 rings (SSSR count). The number of benzene rings is 1. The SMILES string of the molecule is CN=C(NCC(=O)Nc1cc(Br)ccc1C)NCc1ccc(C)s1.I. The molecule has 3 N–H and O–H groups in total. The number of anilines is 1. The van der Waals surface area contributed by atoms with Crippen LogP contribution in [0.15, 0.2) is 39.8 Å². The summed E-state index contributed by atoms with van der Waals surface area (Å²) < 4.78 is 0.931. The number of thiophene rings is 1. The molecule has 0 spiro atoms. The van der Waals surface area contributed by atoms with E-state index in [0.717, 1.165) is 15.7 Å². The van der Waals surface area contributed by atoms with Crippen molar-refractivity contribution in [2.24, 2.45) is 4.99 Å². The first-order valence-corrected chi connectivity index (χ1v) is 9.14. The van der Waals surface area contributed by atoms with Gasteiger partial charge in [-0.25, -0.2) is 0 Å². The molecule has 1 aromatic heterocycles. The number of rotatable bonds is 5. The lowest BCUT2D eigenvalue weighted by Gasteiger charge is -2.12. The number of halogens is 2. The normalized spacial score (nSPS) is 10.8. The van der Waals surface area contributed by atoms with Crippen molar-refractivity contribution < 1.29 is 4.79 Å². The van der Waals surface area contributed by atoms with Crippen molar-refractivity contribution in [2.75, 3.05) is 18.9 Å². The van der Waals surface area contributed by atoms with E-state index in [1.54, 1.807) is 18.4 Å². The number of aliphatic imine (C=N–C) groups is 1. The fraction of sp³-hybridized carbons (Fsp3) is 0.294. The smallest absolute Gasteiger partial charge is 0.243 e. The summed E-state index contributed by atoms with van der Waals surface area (Å²) >= 11 is 5.15. The van der Waals surface area contributed by atoms with E-state index in [9.17, 15) is 4.79 Å². The highest BCUT2D eigenvalue weighted by atomic mass is 127. The molecule has 0 fully saturated rings. The summed E-state index contributed by atoms with van der Waals surface area (Å²) in [5.74, 6) is 0.480. The summed E-state index contributed by atoms with van der Waals surface area (Å²) in [6, 6.07) is 9.96. The van der Waals surface area contributed by atoms with Gasteiger partial charge >= 0.3 is 0 Å². The quantitative estimate of drug-likeness (QED) is 0.307. The van der Waals surface area contributed by atoms with Crippen LogP contribution in [0.25, 0.3) is 0 Å². The number of nitrogens with one attached hydrogen (secondary N) is 3. The largest absolute Gasteiger partial charge is 0.352 e. The molecule has 8 heteroatoms. The summed E-state index contributed by atoms with van der Waals surface area (Å²) in [6.45, 7) is 4.87. The number of carbonyl (C=O) groups excluding carboxylic acids is 1. The first-order valence-electron chi connectivity index (χ1n) is 7.54. The molecule has 5 nitrogen and oxygen atoms in total. The summed E-state index contributed by atoms with van der Waals surface area (Å²) in [6.07, 6.45) is 0. The van der Waals surface area contributed by atoms with Crippen LogP contribution in [0, 0.1) is 13.8 Å². The molecular formula is C17H22BrIN4OS. The van der Waals surface area contributed by atoms with E-state index < -0.39 is 0 Å². The van der Waals surface area contributed by atoms with Crippen molar-refractivity contribution >= 4 is 68.8 Å². The lowest BCUT2D eigenvalue weighted by Crippen LogP contribution is -2.41. The molecule has 0 atom stereocenters. The minimum Gasteiger partial charge on any atom is -0.352 e. The molecule has 1 aromatic carbocycles. The number of carbonyl (C=O) groups is 1. The maximum Gasteiger partial charge on any atom is 0.243 e. The first kappa shape index (κ1) is 21.9.